The van der Waals surface area contributed by atoms with E-state index in [9.17, 15) is 10.5 Å². The third-order valence-electron chi connectivity index (χ3n) is 9.55. The lowest BCUT2D eigenvalue weighted by atomic mass is 9.85. The molecule has 0 saturated carbocycles. The number of aromatic nitrogens is 1. The summed E-state index contributed by atoms with van der Waals surface area (Å²) in [5.74, 6) is 0. The zero-order valence-corrected chi connectivity index (χ0v) is 29.0. The van der Waals surface area contributed by atoms with Crippen molar-refractivity contribution in [3.05, 3.63) is 150 Å². The fraction of sp³-hybridized carbons (Fsp3) is 0.174. The van der Waals surface area contributed by atoms with Crippen molar-refractivity contribution >= 4 is 21.8 Å². The second kappa shape index (κ2) is 12.0. The topological polar surface area (TPSA) is 52.5 Å². The average Bonchev–Trinajstić information content (AvgIpc) is 3.44. The zero-order chi connectivity index (χ0) is 34.5. The van der Waals surface area contributed by atoms with Gasteiger partial charge >= 0.3 is 0 Å². The summed E-state index contributed by atoms with van der Waals surface area (Å²) in [4.78, 5) is 0. The lowest BCUT2D eigenvalue weighted by molar-refractivity contribution is 0.590. The van der Waals surface area contributed by atoms with Crippen LogP contribution in [-0.4, -0.2) is 4.57 Å². The van der Waals surface area contributed by atoms with Crippen molar-refractivity contribution in [2.75, 3.05) is 0 Å². The molecule has 0 atom stereocenters. The molecule has 1 aromatic heterocycles. The summed E-state index contributed by atoms with van der Waals surface area (Å²) in [5, 5.41) is 22.3. The van der Waals surface area contributed by atoms with E-state index >= 15 is 0 Å². The van der Waals surface area contributed by atoms with E-state index in [1.54, 1.807) is 6.07 Å². The highest BCUT2D eigenvalue weighted by molar-refractivity contribution is 6.11. The third kappa shape index (κ3) is 5.79. The van der Waals surface area contributed by atoms with Crippen molar-refractivity contribution in [2.45, 2.75) is 52.4 Å². The number of nitriles is 2. The second-order valence-corrected chi connectivity index (χ2v) is 15.0. The van der Waals surface area contributed by atoms with Crippen LogP contribution in [0.25, 0.3) is 60.9 Å². The molecule has 0 amide bonds. The summed E-state index contributed by atoms with van der Waals surface area (Å²) < 4.78 is 2.43. The SMILES string of the molecule is CC(C)(C)c1ccc2c(c1)c1cc(C(C)(C)C)ccc1n2-c1cc(-c2ccccc2)c(-c2cc(C#N)cc(C#N)c2)cc1-c1ccccc1. The van der Waals surface area contributed by atoms with Crippen molar-refractivity contribution in [2.24, 2.45) is 0 Å². The standard InChI is InChI=1S/C46H39N3/c1-45(2,3)35-17-19-42-40(24-35)41-25-36(46(4,5)6)18-20-43(41)49(42)44-27-38(32-13-9-7-10-14-32)37(26-39(44)33-15-11-8-12-16-33)34-22-30(28-47)21-31(23-34)29-48/h7-27H,1-6H3. The van der Waals surface area contributed by atoms with Gasteiger partial charge in [-0.1, -0.05) is 114 Å². The summed E-state index contributed by atoms with van der Waals surface area (Å²) in [6.45, 7) is 13.6. The number of fused-ring (bicyclic) bond motifs is 3. The molecule has 0 radical (unpaired) electrons. The summed E-state index contributed by atoms with van der Waals surface area (Å²) in [5.41, 5.74) is 12.9. The molecule has 0 unspecified atom stereocenters. The van der Waals surface area contributed by atoms with Crippen LogP contribution in [0.1, 0.15) is 63.8 Å². The molecule has 0 saturated heterocycles. The van der Waals surface area contributed by atoms with E-state index in [4.69, 9.17) is 0 Å². The Bertz CT molecular complexity index is 2350. The summed E-state index contributed by atoms with van der Waals surface area (Å²) in [6.07, 6.45) is 0. The monoisotopic (exact) mass is 633 g/mol. The molecule has 0 aliphatic carbocycles. The predicted molar refractivity (Wildman–Crippen MR) is 204 cm³/mol. The Labute approximate surface area is 289 Å². The van der Waals surface area contributed by atoms with E-state index in [0.29, 0.717) is 11.1 Å². The zero-order valence-electron chi connectivity index (χ0n) is 29.0. The van der Waals surface area contributed by atoms with E-state index in [0.717, 1.165) is 50.1 Å². The van der Waals surface area contributed by atoms with Gasteiger partial charge in [-0.25, -0.2) is 0 Å². The van der Waals surface area contributed by atoms with E-state index in [2.05, 4.69) is 155 Å². The minimum Gasteiger partial charge on any atom is -0.309 e. The molecule has 0 aliphatic heterocycles. The fourth-order valence-electron chi connectivity index (χ4n) is 6.85. The largest absolute Gasteiger partial charge is 0.309 e. The first-order chi connectivity index (χ1) is 23.5. The minimum absolute atomic E-state index is 0.00181. The number of hydrogen-bond donors (Lipinski definition) is 0. The van der Waals surface area contributed by atoms with Crippen molar-refractivity contribution < 1.29 is 0 Å². The van der Waals surface area contributed by atoms with Gasteiger partial charge in [0.1, 0.15) is 0 Å². The highest BCUT2D eigenvalue weighted by atomic mass is 15.0. The molecule has 7 rings (SSSR count). The highest BCUT2D eigenvalue weighted by Crippen LogP contribution is 2.44. The molecule has 0 aliphatic rings. The lowest BCUT2D eigenvalue weighted by Crippen LogP contribution is -2.10. The maximum atomic E-state index is 9.89. The Morgan fingerprint density at radius 1 is 0.449 bits per heavy atom. The van der Waals surface area contributed by atoms with E-state index in [-0.39, 0.29) is 10.8 Å². The van der Waals surface area contributed by atoms with Crippen LogP contribution in [0.2, 0.25) is 0 Å². The molecule has 3 nitrogen and oxygen atoms in total. The summed E-state index contributed by atoms with van der Waals surface area (Å²) in [7, 11) is 0. The van der Waals surface area contributed by atoms with Gasteiger partial charge in [0.05, 0.1) is 40.0 Å². The molecule has 3 heteroatoms. The van der Waals surface area contributed by atoms with Crippen LogP contribution in [0.15, 0.2) is 127 Å². The number of benzene rings is 6. The van der Waals surface area contributed by atoms with Gasteiger partial charge < -0.3 is 4.57 Å². The molecule has 1 heterocycles. The number of hydrogen-bond acceptors (Lipinski definition) is 2. The molecule has 7 aromatic rings. The fourth-order valence-corrected chi connectivity index (χ4v) is 6.85. The van der Waals surface area contributed by atoms with Gasteiger partial charge in [-0.15, -0.1) is 0 Å². The molecule has 0 bridgehead atoms. The second-order valence-electron chi connectivity index (χ2n) is 15.0. The Hall–Kier alpha value is -5.90. The molecule has 238 valence electrons. The minimum atomic E-state index is 0.00181. The molecule has 49 heavy (non-hydrogen) atoms. The van der Waals surface area contributed by atoms with Crippen LogP contribution in [0.4, 0.5) is 0 Å². The predicted octanol–water partition coefficient (Wildman–Crippen LogP) is 12.1. The van der Waals surface area contributed by atoms with Gasteiger partial charge in [0, 0.05) is 16.3 Å². The Balaban J connectivity index is 1.65. The van der Waals surface area contributed by atoms with Crippen molar-refractivity contribution in [1.82, 2.24) is 4.57 Å². The van der Waals surface area contributed by atoms with Crippen LogP contribution in [0.3, 0.4) is 0 Å². The van der Waals surface area contributed by atoms with Crippen molar-refractivity contribution in [1.29, 1.82) is 10.5 Å². The first-order valence-electron chi connectivity index (χ1n) is 16.8. The van der Waals surface area contributed by atoms with Crippen LogP contribution in [0.5, 0.6) is 0 Å². The van der Waals surface area contributed by atoms with Crippen LogP contribution in [0, 0.1) is 22.7 Å². The van der Waals surface area contributed by atoms with Gasteiger partial charge in [-0.3, -0.25) is 0 Å². The smallest absolute Gasteiger partial charge is 0.0992 e. The van der Waals surface area contributed by atoms with Crippen LogP contribution >= 0.6 is 0 Å². The number of rotatable bonds is 4. The van der Waals surface area contributed by atoms with Crippen molar-refractivity contribution in [3.8, 4) is 51.2 Å². The van der Waals surface area contributed by atoms with E-state index < -0.39 is 0 Å². The van der Waals surface area contributed by atoms with Crippen LogP contribution in [-0.2, 0) is 10.8 Å². The maximum absolute atomic E-state index is 9.89. The average molecular weight is 634 g/mol. The van der Waals surface area contributed by atoms with Crippen molar-refractivity contribution in [3.63, 3.8) is 0 Å². The molecule has 6 aromatic carbocycles. The summed E-state index contributed by atoms with van der Waals surface area (Å²) in [6, 6.07) is 49.3. The van der Waals surface area contributed by atoms with Gasteiger partial charge in [0.15, 0.2) is 0 Å². The molecule has 0 spiro atoms. The normalized spacial score (nSPS) is 11.8. The molecular formula is C46H39N3. The van der Waals surface area contributed by atoms with E-state index in [1.165, 1.54) is 21.9 Å². The lowest BCUT2D eigenvalue weighted by Gasteiger charge is -2.21. The van der Waals surface area contributed by atoms with Crippen LogP contribution < -0.4 is 0 Å². The number of nitrogens with zero attached hydrogens (tertiary/aromatic N) is 3. The van der Waals surface area contributed by atoms with Gasteiger partial charge in [-0.05, 0) is 104 Å². The summed E-state index contributed by atoms with van der Waals surface area (Å²) >= 11 is 0. The molecular weight excluding hydrogens is 595 g/mol. The maximum Gasteiger partial charge on any atom is 0.0992 e. The van der Waals surface area contributed by atoms with Gasteiger partial charge in [0.2, 0.25) is 0 Å². The Morgan fingerprint density at radius 3 is 1.35 bits per heavy atom. The quantitative estimate of drug-likeness (QED) is 0.194. The Morgan fingerprint density at radius 2 is 0.898 bits per heavy atom. The van der Waals surface area contributed by atoms with E-state index in [1.807, 2.05) is 24.3 Å². The highest BCUT2D eigenvalue weighted by Gasteiger charge is 2.24. The first kappa shape index (κ1) is 31.7. The van der Waals surface area contributed by atoms with Gasteiger partial charge in [-0.2, -0.15) is 10.5 Å². The first-order valence-corrected chi connectivity index (χ1v) is 16.8. The molecule has 0 N–H and O–H groups in total. The Kier molecular flexibility index (Phi) is 7.74. The third-order valence-corrected chi connectivity index (χ3v) is 9.55. The van der Waals surface area contributed by atoms with Gasteiger partial charge in [0.25, 0.3) is 0 Å². The molecule has 0 fully saturated rings.